The summed E-state index contributed by atoms with van der Waals surface area (Å²) in [7, 11) is 0. The van der Waals surface area contributed by atoms with Gasteiger partial charge in [0.1, 0.15) is 17.6 Å². The molecule has 3 nitrogen and oxygen atoms in total. The average Bonchev–Trinajstić information content (AvgIpc) is 2.60. The Labute approximate surface area is 139 Å². The van der Waals surface area contributed by atoms with Gasteiger partial charge >= 0.3 is 0 Å². The zero-order valence-electron chi connectivity index (χ0n) is 12.6. The van der Waals surface area contributed by atoms with E-state index in [9.17, 15) is 4.79 Å². The van der Waals surface area contributed by atoms with Gasteiger partial charge in [0.05, 0.1) is 17.6 Å². The number of alkyl halides is 1. The van der Waals surface area contributed by atoms with Crippen LogP contribution in [-0.4, -0.2) is 12.5 Å². The van der Waals surface area contributed by atoms with Crippen LogP contribution in [0.15, 0.2) is 64.0 Å². The summed E-state index contributed by atoms with van der Waals surface area (Å²) in [6.07, 6.45) is 3.33. The Hall–Kier alpha value is -2.26. The van der Waals surface area contributed by atoms with Gasteiger partial charge in [-0.3, -0.25) is 4.79 Å². The summed E-state index contributed by atoms with van der Waals surface area (Å²) < 4.78 is 11.3. The summed E-state index contributed by atoms with van der Waals surface area (Å²) in [5.74, 6) is 1.33. The van der Waals surface area contributed by atoms with Gasteiger partial charge in [0.25, 0.3) is 0 Å². The van der Waals surface area contributed by atoms with E-state index in [2.05, 4.69) is 0 Å². The van der Waals surface area contributed by atoms with Crippen LogP contribution in [0.25, 0.3) is 22.1 Å². The molecule has 0 aliphatic heterocycles. The van der Waals surface area contributed by atoms with E-state index in [1.54, 1.807) is 18.2 Å². The van der Waals surface area contributed by atoms with Crippen LogP contribution >= 0.6 is 11.6 Å². The standard InChI is InChI=1S/C19H17ClO3/c20-10-4-5-11-22-15-8-9-16-18(12-15)23-13-17(19(16)21)14-6-2-1-3-7-14/h1-3,6-9,12-13H,4-5,10-11H2. The van der Waals surface area contributed by atoms with Crippen LogP contribution in [0.3, 0.4) is 0 Å². The Bertz CT molecular complexity index is 840. The molecule has 4 heteroatoms. The van der Waals surface area contributed by atoms with Crippen LogP contribution in [0, 0.1) is 0 Å². The zero-order valence-corrected chi connectivity index (χ0v) is 13.4. The van der Waals surface area contributed by atoms with E-state index >= 15 is 0 Å². The van der Waals surface area contributed by atoms with E-state index in [4.69, 9.17) is 20.8 Å². The van der Waals surface area contributed by atoms with Gasteiger partial charge in [0.2, 0.25) is 0 Å². The Morgan fingerprint density at radius 2 is 1.87 bits per heavy atom. The molecule has 0 unspecified atom stereocenters. The van der Waals surface area contributed by atoms with Crippen molar-refractivity contribution in [2.75, 3.05) is 12.5 Å². The minimum atomic E-state index is -0.0360. The first-order valence-electron chi connectivity index (χ1n) is 7.59. The molecule has 23 heavy (non-hydrogen) atoms. The molecule has 118 valence electrons. The number of hydrogen-bond acceptors (Lipinski definition) is 3. The maximum absolute atomic E-state index is 12.6. The third-order valence-electron chi connectivity index (χ3n) is 3.63. The minimum absolute atomic E-state index is 0.0360. The molecule has 0 bridgehead atoms. The van der Waals surface area contributed by atoms with E-state index in [1.807, 2.05) is 30.3 Å². The van der Waals surface area contributed by atoms with Gasteiger partial charge in [-0.2, -0.15) is 0 Å². The molecule has 0 saturated heterocycles. The second-order valence-corrected chi connectivity index (χ2v) is 5.63. The van der Waals surface area contributed by atoms with Crippen LogP contribution in [0.1, 0.15) is 12.8 Å². The molecule has 0 aliphatic carbocycles. The average molecular weight is 329 g/mol. The van der Waals surface area contributed by atoms with Gasteiger partial charge in [-0.15, -0.1) is 11.6 Å². The number of fused-ring (bicyclic) bond motifs is 1. The first-order valence-corrected chi connectivity index (χ1v) is 8.13. The molecule has 0 saturated carbocycles. The maximum Gasteiger partial charge on any atom is 0.200 e. The molecule has 0 N–H and O–H groups in total. The number of ether oxygens (including phenoxy) is 1. The van der Waals surface area contributed by atoms with Crippen molar-refractivity contribution < 1.29 is 9.15 Å². The topological polar surface area (TPSA) is 39.4 Å². The normalized spacial score (nSPS) is 10.8. The van der Waals surface area contributed by atoms with Crippen molar-refractivity contribution in [3.63, 3.8) is 0 Å². The second kappa shape index (κ2) is 7.34. The lowest BCUT2D eigenvalue weighted by Gasteiger charge is -2.07. The summed E-state index contributed by atoms with van der Waals surface area (Å²) in [5.41, 5.74) is 1.91. The molecule has 1 heterocycles. The third kappa shape index (κ3) is 3.57. The van der Waals surface area contributed by atoms with Gasteiger partial charge in [0, 0.05) is 11.9 Å². The Morgan fingerprint density at radius 3 is 2.65 bits per heavy atom. The first kappa shape index (κ1) is 15.6. The number of halogens is 1. The highest BCUT2D eigenvalue weighted by atomic mass is 35.5. The lowest BCUT2D eigenvalue weighted by molar-refractivity contribution is 0.309. The second-order valence-electron chi connectivity index (χ2n) is 5.25. The third-order valence-corrected chi connectivity index (χ3v) is 3.89. The SMILES string of the molecule is O=c1c(-c2ccccc2)coc2cc(OCCCCCl)ccc12. The minimum Gasteiger partial charge on any atom is -0.493 e. The van der Waals surface area contributed by atoms with E-state index in [0.29, 0.717) is 34.8 Å². The van der Waals surface area contributed by atoms with Crippen molar-refractivity contribution in [1.82, 2.24) is 0 Å². The molecule has 3 rings (SSSR count). The fourth-order valence-electron chi connectivity index (χ4n) is 2.40. The molecule has 0 aliphatic rings. The number of benzene rings is 2. The molecule has 0 atom stereocenters. The zero-order chi connectivity index (χ0) is 16.1. The summed E-state index contributed by atoms with van der Waals surface area (Å²) in [5, 5.41) is 0.555. The van der Waals surface area contributed by atoms with Crippen LogP contribution < -0.4 is 10.2 Å². The number of hydrogen-bond donors (Lipinski definition) is 0. The van der Waals surface area contributed by atoms with Crippen molar-refractivity contribution >= 4 is 22.6 Å². The molecular weight excluding hydrogens is 312 g/mol. The van der Waals surface area contributed by atoms with Crippen molar-refractivity contribution in [2.24, 2.45) is 0 Å². The number of unbranched alkanes of at least 4 members (excludes halogenated alkanes) is 1. The van der Waals surface area contributed by atoms with Crippen molar-refractivity contribution in [2.45, 2.75) is 12.8 Å². The van der Waals surface area contributed by atoms with E-state index in [0.717, 1.165) is 18.4 Å². The summed E-state index contributed by atoms with van der Waals surface area (Å²) in [6.45, 7) is 0.602. The van der Waals surface area contributed by atoms with Crippen LogP contribution in [0.5, 0.6) is 5.75 Å². The van der Waals surface area contributed by atoms with E-state index in [1.165, 1.54) is 6.26 Å². The predicted molar refractivity (Wildman–Crippen MR) is 93.4 cm³/mol. The maximum atomic E-state index is 12.6. The molecule has 3 aromatic rings. The summed E-state index contributed by atoms with van der Waals surface area (Å²) in [4.78, 5) is 12.6. The lowest BCUT2D eigenvalue weighted by Crippen LogP contribution is -2.05. The molecule has 0 fully saturated rings. The molecular formula is C19H17ClO3. The fraction of sp³-hybridized carbons (Fsp3) is 0.211. The molecule has 0 spiro atoms. The summed E-state index contributed by atoms with van der Waals surface area (Å²) in [6, 6.07) is 14.8. The van der Waals surface area contributed by atoms with Crippen molar-refractivity contribution in [3.05, 3.63) is 65.0 Å². The highest BCUT2D eigenvalue weighted by Gasteiger charge is 2.09. The van der Waals surface area contributed by atoms with Gasteiger partial charge < -0.3 is 9.15 Å². The molecule has 0 amide bonds. The van der Waals surface area contributed by atoms with Gasteiger partial charge in [-0.25, -0.2) is 0 Å². The molecule has 0 radical (unpaired) electrons. The highest BCUT2D eigenvalue weighted by Crippen LogP contribution is 2.23. The van der Waals surface area contributed by atoms with Crippen molar-refractivity contribution in [3.8, 4) is 16.9 Å². The Balaban J connectivity index is 1.89. The van der Waals surface area contributed by atoms with Crippen molar-refractivity contribution in [1.29, 1.82) is 0 Å². The van der Waals surface area contributed by atoms with E-state index in [-0.39, 0.29) is 5.43 Å². The Kier molecular flexibility index (Phi) is 4.99. The molecule has 2 aromatic carbocycles. The van der Waals surface area contributed by atoms with Gasteiger partial charge in [0.15, 0.2) is 5.43 Å². The smallest absolute Gasteiger partial charge is 0.200 e. The van der Waals surface area contributed by atoms with E-state index < -0.39 is 0 Å². The van der Waals surface area contributed by atoms with Crippen LogP contribution in [0.4, 0.5) is 0 Å². The highest BCUT2D eigenvalue weighted by molar-refractivity contribution is 6.17. The molecule has 1 aromatic heterocycles. The monoisotopic (exact) mass is 328 g/mol. The number of rotatable bonds is 6. The van der Waals surface area contributed by atoms with Gasteiger partial charge in [-0.1, -0.05) is 30.3 Å². The predicted octanol–water partition coefficient (Wildman–Crippen LogP) is 4.86. The first-order chi connectivity index (χ1) is 11.3. The van der Waals surface area contributed by atoms with Crippen LogP contribution in [0.2, 0.25) is 0 Å². The summed E-state index contributed by atoms with van der Waals surface area (Å²) >= 11 is 5.64. The largest absolute Gasteiger partial charge is 0.493 e. The Morgan fingerprint density at radius 1 is 1.04 bits per heavy atom. The quantitative estimate of drug-likeness (QED) is 0.479. The lowest BCUT2D eigenvalue weighted by atomic mass is 10.1. The fourth-order valence-corrected chi connectivity index (χ4v) is 2.59. The van der Waals surface area contributed by atoms with Gasteiger partial charge in [-0.05, 0) is 30.5 Å². The van der Waals surface area contributed by atoms with Crippen LogP contribution in [-0.2, 0) is 0 Å².